The van der Waals surface area contributed by atoms with E-state index in [1.807, 2.05) is 0 Å². The number of rotatable bonds is 3. The summed E-state index contributed by atoms with van der Waals surface area (Å²) in [6, 6.07) is 2.12. The maximum absolute atomic E-state index is 13.2. The third-order valence-electron chi connectivity index (χ3n) is 4.92. The molecule has 0 amide bonds. The Kier molecular flexibility index (Phi) is 3.54. The lowest BCUT2D eigenvalue weighted by atomic mass is 9.83. The van der Waals surface area contributed by atoms with Crippen LogP contribution in [0.5, 0.6) is 0 Å². The Labute approximate surface area is 120 Å². The molecule has 1 nitrogen and oxygen atoms in total. The Morgan fingerprint density at radius 3 is 2.52 bits per heavy atom. The molecule has 0 aliphatic heterocycles. The van der Waals surface area contributed by atoms with Gasteiger partial charge in [0.2, 0.25) is 0 Å². The van der Waals surface area contributed by atoms with E-state index in [0.29, 0.717) is 17.9 Å². The summed E-state index contributed by atoms with van der Waals surface area (Å²) in [6.45, 7) is 0. The Morgan fingerprint density at radius 2 is 1.95 bits per heavy atom. The van der Waals surface area contributed by atoms with Crippen LogP contribution in [0.3, 0.4) is 0 Å². The fourth-order valence-corrected chi connectivity index (χ4v) is 3.97. The van der Waals surface area contributed by atoms with Gasteiger partial charge in [-0.1, -0.05) is 6.42 Å². The van der Waals surface area contributed by atoms with Crippen LogP contribution in [-0.2, 0) is 6.18 Å². The lowest BCUT2D eigenvalue weighted by Gasteiger charge is -2.21. The molecule has 2 aliphatic carbocycles. The van der Waals surface area contributed by atoms with Crippen LogP contribution in [0.1, 0.15) is 48.0 Å². The summed E-state index contributed by atoms with van der Waals surface area (Å²) in [7, 11) is 0. The second-order valence-corrected chi connectivity index (χ2v) is 6.25. The van der Waals surface area contributed by atoms with Crippen LogP contribution in [0.2, 0.25) is 0 Å². The smallest absolute Gasteiger partial charge is 0.294 e. The van der Waals surface area contributed by atoms with Gasteiger partial charge in [-0.25, -0.2) is 4.39 Å². The number of fused-ring (bicyclic) bond motifs is 2. The number of alkyl halides is 3. The van der Waals surface area contributed by atoms with E-state index < -0.39 is 28.9 Å². The van der Waals surface area contributed by atoms with E-state index in [1.165, 1.54) is 6.42 Å². The van der Waals surface area contributed by atoms with Crippen molar-refractivity contribution < 1.29 is 22.4 Å². The Bertz CT molecular complexity index is 564. The first-order chi connectivity index (χ1) is 9.84. The molecule has 0 aromatic heterocycles. The van der Waals surface area contributed by atoms with Gasteiger partial charge in [-0.05, 0) is 55.2 Å². The SMILES string of the molecule is O=C(CC1CC2CCC1C2)c1cc(F)ccc1C(F)(F)F. The molecular formula is C16H16F4O. The van der Waals surface area contributed by atoms with Gasteiger partial charge >= 0.3 is 6.18 Å². The summed E-state index contributed by atoms with van der Waals surface area (Å²) in [5.41, 5.74) is -1.55. The molecule has 0 heterocycles. The van der Waals surface area contributed by atoms with Crippen LogP contribution in [0.25, 0.3) is 0 Å². The van der Waals surface area contributed by atoms with Crippen molar-refractivity contribution in [1.82, 2.24) is 0 Å². The molecule has 0 N–H and O–H groups in total. The van der Waals surface area contributed by atoms with E-state index in [0.717, 1.165) is 31.4 Å². The first-order valence-electron chi connectivity index (χ1n) is 7.24. The first-order valence-corrected chi connectivity index (χ1v) is 7.24. The zero-order valence-electron chi connectivity index (χ0n) is 11.4. The normalized spacial score (nSPS) is 28.1. The zero-order valence-corrected chi connectivity index (χ0v) is 11.4. The summed E-state index contributed by atoms with van der Waals surface area (Å²) >= 11 is 0. The highest BCUT2D eigenvalue weighted by Crippen LogP contribution is 2.50. The molecule has 0 spiro atoms. The summed E-state index contributed by atoms with van der Waals surface area (Å²) in [6.07, 6.45) is -0.275. The lowest BCUT2D eigenvalue weighted by molar-refractivity contribution is -0.138. The van der Waals surface area contributed by atoms with Gasteiger partial charge in [-0.3, -0.25) is 4.79 Å². The van der Waals surface area contributed by atoms with Gasteiger partial charge in [0.25, 0.3) is 0 Å². The Morgan fingerprint density at radius 1 is 1.19 bits per heavy atom. The van der Waals surface area contributed by atoms with E-state index in [1.54, 1.807) is 0 Å². The number of carbonyl (C=O) groups is 1. The van der Waals surface area contributed by atoms with E-state index in [-0.39, 0.29) is 12.3 Å². The monoisotopic (exact) mass is 300 g/mol. The molecule has 2 saturated carbocycles. The number of ketones is 1. The molecule has 0 radical (unpaired) electrons. The van der Waals surface area contributed by atoms with Gasteiger partial charge in [0.15, 0.2) is 5.78 Å². The number of hydrogen-bond acceptors (Lipinski definition) is 1. The number of benzene rings is 1. The van der Waals surface area contributed by atoms with Crippen LogP contribution >= 0.6 is 0 Å². The maximum atomic E-state index is 13.2. The average molecular weight is 300 g/mol. The second kappa shape index (κ2) is 5.11. The molecule has 1 aromatic rings. The lowest BCUT2D eigenvalue weighted by Crippen LogP contribution is -2.19. The highest BCUT2D eigenvalue weighted by molar-refractivity contribution is 5.97. The molecular weight excluding hydrogens is 284 g/mol. The minimum absolute atomic E-state index is 0.105. The molecule has 3 unspecified atom stereocenters. The van der Waals surface area contributed by atoms with Crippen molar-refractivity contribution in [2.24, 2.45) is 17.8 Å². The summed E-state index contributed by atoms with van der Waals surface area (Å²) in [4.78, 5) is 12.2. The molecule has 2 bridgehead atoms. The zero-order chi connectivity index (χ0) is 15.2. The van der Waals surface area contributed by atoms with Crippen molar-refractivity contribution >= 4 is 5.78 Å². The van der Waals surface area contributed by atoms with Gasteiger partial charge < -0.3 is 0 Å². The van der Waals surface area contributed by atoms with Gasteiger partial charge in [-0.15, -0.1) is 0 Å². The first kappa shape index (κ1) is 14.5. The molecule has 114 valence electrons. The Hall–Kier alpha value is -1.39. The van der Waals surface area contributed by atoms with E-state index in [2.05, 4.69) is 0 Å². The molecule has 3 rings (SSSR count). The van der Waals surface area contributed by atoms with Gasteiger partial charge in [0.1, 0.15) is 5.82 Å². The van der Waals surface area contributed by atoms with E-state index in [4.69, 9.17) is 0 Å². The van der Waals surface area contributed by atoms with E-state index >= 15 is 0 Å². The summed E-state index contributed by atoms with van der Waals surface area (Å²) in [5.74, 6) is -0.136. The summed E-state index contributed by atoms with van der Waals surface area (Å²) in [5, 5.41) is 0. The highest BCUT2D eigenvalue weighted by Gasteiger charge is 2.41. The van der Waals surface area contributed by atoms with Crippen molar-refractivity contribution in [3.8, 4) is 0 Å². The van der Waals surface area contributed by atoms with Crippen LogP contribution in [0.4, 0.5) is 17.6 Å². The molecule has 1 aromatic carbocycles. The second-order valence-electron chi connectivity index (χ2n) is 6.25. The third-order valence-corrected chi connectivity index (χ3v) is 4.92. The number of Topliss-reactive ketones (excluding diaryl/α,β-unsaturated/α-hetero) is 1. The third kappa shape index (κ3) is 2.83. The minimum Gasteiger partial charge on any atom is -0.294 e. The topological polar surface area (TPSA) is 17.1 Å². The fraction of sp³-hybridized carbons (Fsp3) is 0.562. The highest BCUT2D eigenvalue weighted by atomic mass is 19.4. The van der Waals surface area contributed by atoms with Crippen molar-refractivity contribution in [3.63, 3.8) is 0 Å². The van der Waals surface area contributed by atoms with Crippen LogP contribution in [-0.4, -0.2) is 5.78 Å². The molecule has 2 fully saturated rings. The van der Waals surface area contributed by atoms with Crippen molar-refractivity contribution in [2.45, 2.75) is 38.3 Å². The van der Waals surface area contributed by atoms with Gasteiger partial charge in [-0.2, -0.15) is 13.2 Å². The molecule has 3 atom stereocenters. The molecule has 0 saturated heterocycles. The summed E-state index contributed by atoms with van der Waals surface area (Å²) < 4.78 is 52.0. The predicted octanol–water partition coefficient (Wildman–Crippen LogP) is 4.85. The standard InChI is InChI=1S/C16H16F4O/c17-12-3-4-14(16(18,19)20)13(8-12)15(21)7-11-6-9-1-2-10(11)5-9/h3-4,8-11H,1-2,5-7H2. The van der Waals surface area contributed by atoms with Crippen LogP contribution < -0.4 is 0 Å². The fourth-order valence-electron chi connectivity index (χ4n) is 3.97. The van der Waals surface area contributed by atoms with Crippen LogP contribution in [0, 0.1) is 23.6 Å². The number of hydrogen-bond donors (Lipinski definition) is 0. The predicted molar refractivity (Wildman–Crippen MR) is 69.3 cm³/mol. The van der Waals surface area contributed by atoms with E-state index in [9.17, 15) is 22.4 Å². The largest absolute Gasteiger partial charge is 0.417 e. The van der Waals surface area contributed by atoms with Gasteiger partial charge in [0.05, 0.1) is 5.56 Å². The number of carbonyl (C=O) groups excluding carboxylic acids is 1. The van der Waals surface area contributed by atoms with Crippen LogP contribution in [0.15, 0.2) is 18.2 Å². The minimum atomic E-state index is -4.63. The number of halogens is 4. The van der Waals surface area contributed by atoms with Crippen molar-refractivity contribution in [2.75, 3.05) is 0 Å². The van der Waals surface area contributed by atoms with Gasteiger partial charge in [0, 0.05) is 12.0 Å². The molecule has 2 aliphatic rings. The maximum Gasteiger partial charge on any atom is 0.417 e. The quantitative estimate of drug-likeness (QED) is 0.576. The molecule has 5 heteroatoms. The average Bonchev–Trinajstić information content (AvgIpc) is 2.99. The van der Waals surface area contributed by atoms with Crippen molar-refractivity contribution in [1.29, 1.82) is 0 Å². The molecule has 21 heavy (non-hydrogen) atoms. The van der Waals surface area contributed by atoms with Crippen molar-refractivity contribution in [3.05, 3.63) is 35.1 Å². The Balaban J connectivity index is 1.82.